The fourth-order valence-electron chi connectivity index (χ4n) is 2.44. The molecule has 0 aliphatic rings. The van der Waals surface area contributed by atoms with Crippen molar-refractivity contribution in [2.45, 2.75) is 25.2 Å². The van der Waals surface area contributed by atoms with E-state index in [0.29, 0.717) is 10.6 Å². The molecule has 1 N–H and O–H groups in total. The summed E-state index contributed by atoms with van der Waals surface area (Å²) in [6.07, 6.45) is -1.10. The zero-order valence-electron chi connectivity index (χ0n) is 15.5. The topological polar surface area (TPSA) is 68.2 Å². The van der Waals surface area contributed by atoms with Gasteiger partial charge in [0.2, 0.25) is 0 Å². The molecule has 2 aromatic carbocycles. The number of aliphatic hydroxyl groups is 1. The summed E-state index contributed by atoms with van der Waals surface area (Å²) >= 11 is 0. The first-order valence-electron chi connectivity index (χ1n) is 8.62. The van der Waals surface area contributed by atoms with Gasteiger partial charge in [-0.1, -0.05) is 60.7 Å². The highest BCUT2D eigenvalue weighted by Gasteiger charge is 2.46. The number of hydroxylamine groups is 2. The van der Waals surface area contributed by atoms with Gasteiger partial charge in [0, 0.05) is 0 Å². The van der Waals surface area contributed by atoms with Gasteiger partial charge in [-0.05, 0) is 11.1 Å². The van der Waals surface area contributed by atoms with Crippen LogP contribution in [0.1, 0.15) is 11.1 Å². The Kier molecular flexibility index (Phi) is 8.31. The highest BCUT2D eigenvalue weighted by molar-refractivity contribution is 5.67. The second kappa shape index (κ2) is 10.7. The minimum absolute atomic E-state index is 0.0649. The van der Waals surface area contributed by atoms with Crippen LogP contribution in [0, 0.1) is 0 Å². The normalized spacial score (nSPS) is 12.4. The largest absolute Gasteiger partial charge is 0.443 e. The van der Waals surface area contributed by atoms with Gasteiger partial charge in [-0.2, -0.15) is 5.06 Å². The smallest absolute Gasteiger partial charge is 0.434 e. The molecule has 0 aliphatic heterocycles. The summed E-state index contributed by atoms with van der Waals surface area (Å²) in [5, 5.41) is 9.47. The summed E-state index contributed by atoms with van der Waals surface area (Å²) in [6.45, 7) is -2.08. The molecule has 0 radical (unpaired) electrons. The van der Waals surface area contributed by atoms with Crippen molar-refractivity contribution < 1.29 is 33.0 Å². The van der Waals surface area contributed by atoms with E-state index in [-0.39, 0.29) is 13.2 Å². The Morgan fingerprint density at radius 2 is 1.57 bits per heavy atom. The van der Waals surface area contributed by atoms with Gasteiger partial charge in [0.05, 0.1) is 20.3 Å². The highest BCUT2D eigenvalue weighted by Crippen LogP contribution is 2.25. The molecule has 0 aliphatic carbocycles. The van der Waals surface area contributed by atoms with Crippen molar-refractivity contribution >= 4 is 6.09 Å². The molecule has 0 unspecified atom stereocenters. The van der Waals surface area contributed by atoms with Crippen molar-refractivity contribution in [1.29, 1.82) is 0 Å². The number of benzene rings is 2. The molecule has 28 heavy (non-hydrogen) atoms. The van der Waals surface area contributed by atoms with Crippen LogP contribution in [0.5, 0.6) is 0 Å². The number of carbonyl (C=O) groups is 1. The SMILES string of the molecule is CON(C(=O)OCc1ccccc1)[C@H](COCc1ccccc1)C(F)(F)CO. The van der Waals surface area contributed by atoms with Gasteiger partial charge >= 0.3 is 6.09 Å². The van der Waals surface area contributed by atoms with Crippen LogP contribution in [0.25, 0.3) is 0 Å². The highest BCUT2D eigenvalue weighted by atomic mass is 19.3. The van der Waals surface area contributed by atoms with Gasteiger partial charge in [0.15, 0.2) is 6.04 Å². The van der Waals surface area contributed by atoms with Crippen molar-refractivity contribution in [2.24, 2.45) is 0 Å². The lowest BCUT2D eigenvalue weighted by Gasteiger charge is -2.33. The van der Waals surface area contributed by atoms with Crippen molar-refractivity contribution in [3.05, 3.63) is 71.8 Å². The van der Waals surface area contributed by atoms with E-state index < -0.39 is 31.3 Å². The lowest BCUT2D eigenvalue weighted by atomic mass is 10.1. The minimum Gasteiger partial charge on any atom is -0.443 e. The predicted octanol–water partition coefficient (Wildman–Crippen LogP) is 3.40. The van der Waals surface area contributed by atoms with Crippen LogP contribution in [-0.4, -0.2) is 48.6 Å². The number of amides is 1. The van der Waals surface area contributed by atoms with Gasteiger partial charge in [0.25, 0.3) is 5.92 Å². The number of hydrogen-bond acceptors (Lipinski definition) is 5. The number of aliphatic hydroxyl groups excluding tert-OH is 1. The Morgan fingerprint density at radius 3 is 2.07 bits per heavy atom. The van der Waals surface area contributed by atoms with Crippen LogP contribution in [-0.2, 0) is 27.5 Å². The van der Waals surface area contributed by atoms with E-state index in [2.05, 4.69) is 0 Å². The maximum Gasteiger partial charge on any atom is 0.434 e. The molecular formula is C20H23F2NO5. The molecule has 8 heteroatoms. The van der Waals surface area contributed by atoms with Crippen LogP contribution < -0.4 is 0 Å². The summed E-state index contributed by atoms with van der Waals surface area (Å²) in [7, 11) is 1.07. The molecule has 1 amide bonds. The minimum atomic E-state index is -3.65. The summed E-state index contributed by atoms with van der Waals surface area (Å²) in [5.74, 6) is -3.65. The third-order valence-corrected chi connectivity index (χ3v) is 3.95. The standard InChI is InChI=1S/C20H23F2NO5/c1-26-23(19(25)28-13-17-10-6-3-7-11-17)18(20(21,22)15-24)14-27-12-16-8-4-2-5-9-16/h2-11,18,24H,12-15H2,1H3/t18-/m1/s1. The molecule has 0 aromatic heterocycles. The summed E-state index contributed by atoms with van der Waals surface area (Å²) in [4.78, 5) is 17.1. The van der Waals surface area contributed by atoms with Gasteiger partial charge in [-0.25, -0.2) is 13.6 Å². The molecule has 0 bridgehead atoms. The molecule has 1 atom stereocenters. The lowest BCUT2D eigenvalue weighted by molar-refractivity contribution is -0.222. The first-order valence-corrected chi connectivity index (χ1v) is 8.62. The maximum atomic E-state index is 14.2. The number of hydrogen-bond donors (Lipinski definition) is 1. The number of rotatable bonds is 10. The summed E-state index contributed by atoms with van der Waals surface area (Å²) < 4.78 is 38.9. The average Bonchev–Trinajstić information content (AvgIpc) is 2.73. The van der Waals surface area contributed by atoms with E-state index in [0.717, 1.165) is 12.7 Å². The van der Waals surface area contributed by atoms with Crippen LogP contribution in [0.4, 0.5) is 13.6 Å². The fourth-order valence-corrected chi connectivity index (χ4v) is 2.44. The monoisotopic (exact) mass is 395 g/mol. The summed E-state index contributed by atoms with van der Waals surface area (Å²) in [6, 6.07) is 15.9. The van der Waals surface area contributed by atoms with Crippen molar-refractivity contribution in [1.82, 2.24) is 5.06 Å². The number of nitrogens with zero attached hydrogens (tertiary/aromatic N) is 1. The first kappa shape index (κ1) is 21.7. The number of alkyl halides is 2. The van der Waals surface area contributed by atoms with Crippen LogP contribution >= 0.6 is 0 Å². The lowest BCUT2D eigenvalue weighted by Crippen LogP contribution is -2.54. The molecule has 2 rings (SSSR count). The predicted molar refractivity (Wildman–Crippen MR) is 97.4 cm³/mol. The molecule has 0 heterocycles. The Hall–Kier alpha value is -2.55. The number of ether oxygens (including phenoxy) is 2. The van der Waals surface area contributed by atoms with E-state index in [9.17, 15) is 13.6 Å². The zero-order chi connectivity index (χ0) is 20.4. The molecule has 6 nitrogen and oxygen atoms in total. The van der Waals surface area contributed by atoms with Gasteiger partial charge in [-0.15, -0.1) is 0 Å². The molecule has 0 fully saturated rings. The second-order valence-corrected chi connectivity index (χ2v) is 5.98. The van der Waals surface area contributed by atoms with Crippen molar-refractivity contribution in [3.63, 3.8) is 0 Å². The third kappa shape index (κ3) is 6.26. The first-order chi connectivity index (χ1) is 13.5. The van der Waals surface area contributed by atoms with Gasteiger partial charge < -0.3 is 14.6 Å². The van der Waals surface area contributed by atoms with E-state index in [4.69, 9.17) is 19.4 Å². The van der Waals surface area contributed by atoms with Crippen molar-refractivity contribution in [3.8, 4) is 0 Å². The number of halogens is 2. The molecule has 0 spiro atoms. The summed E-state index contributed by atoms with van der Waals surface area (Å²) in [5.41, 5.74) is 1.47. The van der Waals surface area contributed by atoms with E-state index in [1.807, 2.05) is 6.07 Å². The maximum absolute atomic E-state index is 14.2. The Labute approximate surface area is 162 Å². The molecule has 0 saturated heterocycles. The van der Waals surface area contributed by atoms with Crippen LogP contribution in [0.15, 0.2) is 60.7 Å². The van der Waals surface area contributed by atoms with Gasteiger partial charge in [0.1, 0.15) is 13.2 Å². The van der Waals surface area contributed by atoms with Crippen LogP contribution in [0.2, 0.25) is 0 Å². The Bertz CT molecular complexity index is 715. The Balaban J connectivity index is 2.02. The fraction of sp³-hybridized carbons (Fsp3) is 0.350. The van der Waals surface area contributed by atoms with Crippen LogP contribution in [0.3, 0.4) is 0 Å². The Morgan fingerprint density at radius 1 is 1.04 bits per heavy atom. The molecular weight excluding hydrogens is 372 g/mol. The van der Waals surface area contributed by atoms with E-state index in [1.54, 1.807) is 54.6 Å². The van der Waals surface area contributed by atoms with E-state index >= 15 is 0 Å². The second-order valence-electron chi connectivity index (χ2n) is 5.98. The quantitative estimate of drug-likeness (QED) is 0.625. The van der Waals surface area contributed by atoms with E-state index in [1.165, 1.54) is 0 Å². The number of carbonyl (C=O) groups excluding carboxylic acids is 1. The third-order valence-electron chi connectivity index (χ3n) is 3.95. The van der Waals surface area contributed by atoms with Gasteiger partial charge in [-0.3, -0.25) is 4.84 Å². The molecule has 152 valence electrons. The molecule has 2 aromatic rings. The average molecular weight is 395 g/mol. The van der Waals surface area contributed by atoms with Crippen molar-refractivity contribution in [2.75, 3.05) is 20.3 Å². The molecule has 0 saturated carbocycles. The zero-order valence-corrected chi connectivity index (χ0v) is 15.5.